The summed E-state index contributed by atoms with van der Waals surface area (Å²) in [6.07, 6.45) is 3.33. The highest BCUT2D eigenvalue weighted by atomic mass is 32.2. The van der Waals surface area contributed by atoms with Crippen molar-refractivity contribution < 1.29 is 19.1 Å². The van der Waals surface area contributed by atoms with Crippen molar-refractivity contribution in [2.45, 2.75) is 53.4 Å². The Labute approximate surface area is 213 Å². The van der Waals surface area contributed by atoms with Crippen LogP contribution in [0.4, 0.5) is 0 Å². The number of hydrogen-bond donors (Lipinski definition) is 0. The maximum absolute atomic E-state index is 12.4. The van der Waals surface area contributed by atoms with E-state index in [1.54, 1.807) is 24.3 Å². The number of rotatable bonds is 15. The minimum atomic E-state index is -0.495. The van der Waals surface area contributed by atoms with Crippen molar-refractivity contribution >= 4 is 35.5 Å². The van der Waals surface area contributed by atoms with Crippen LogP contribution in [0.5, 0.6) is 11.5 Å². The Morgan fingerprint density at radius 1 is 0.706 bits per heavy atom. The predicted molar refractivity (Wildman–Crippen MR) is 145 cm³/mol. The van der Waals surface area contributed by atoms with Gasteiger partial charge in [-0.05, 0) is 85.8 Å². The zero-order valence-electron chi connectivity index (χ0n) is 20.9. The molecule has 0 fully saturated rings. The van der Waals surface area contributed by atoms with Gasteiger partial charge in [-0.2, -0.15) is 23.5 Å². The van der Waals surface area contributed by atoms with Crippen molar-refractivity contribution in [3.63, 3.8) is 0 Å². The lowest BCUT2D eigenvalue weighted by Crippen LogP contribution is -2.29. The molecule has 0 aliphatic carbocycles. The number of carbonyl (C=O) groups excluding carboxylic acids is 2. The van der Waals surface area contributed by atoms with Crippen LogP contribution in [0.1, 0.15) is 53.4 Å². The van der Waals surface area contributed by atoms with Crippen molar-refractivity contribution in [1.82, 2.24) is 0 Å². The van der Waals surface area contributed by atoms with Gasteiger partial charge >= 0.3 is 11.9 Å². The molecule has 0 amide bonds. The van der Waals surface area contributed by atoms with E-state index in [2.05, 4.69) is 13.8 Å². The Bertz CT molecular complexity index is 866. The molecule has 2 rings (SSSR count). The third-order valence-electron chi connectivity index (χ3n) is 5.48. The van der Waals surface area contributed by atoms with Crippen molar-refractivity contribution in [3.05, 3.63) is 60.7 Å². The molecule has 0 heterocycles. The summed E-state index contributed by atoms with van der Waals surface area (Å²) in [6, 6.07) is 18.5. The Balaban J connectivity index is 1.51. The van der Waals surface area contributed by atoms with E-state index in [4.69, 9.17) is 9.47 Å². The first kappa shape index (κ1) is 28.3. The van der Waals surface area contributed by atoms with Gasteiger partial charge in [0.1, 0.15) is 11.5 Å². The third kappa shape index (κ3) is 11.5. The highest BCUT2D eigenvalue weighted by Gasteiger charge is 2.29. The van der Waals surface area contributed by atoms with E-state index in [-0.39, 0.29) is 17.4 Å². The highest BCUT2D eigenvalue weighted by Crippen LogP contribution is 2.29. The van der Waals surface area contributed by atoms with E-state index >= 15 is 0 Å². The van der Waals surface area contributed by atoms with Crippen LogP contribution in [0.2, 0.25) is 0 Å². The lowest BCUT2D eigenvalue weighted by atomic mass is 9.86. The fourth-order valence-corrected chi connectivity index (χ4v) is 5.75. The average Bonchev–Trinajstić information content (AvgIpc) is 2.78. The molecular weight excluding hydrogens is 464 g/mol. The second-order valence-electron chi connectivity index (χ2n) is 9.79. The Morgan fingerprint density at radius 2 is 1.21 bits per heavy atom. The SMILES string of the molecule is CC(C)(CCSCCCSCCC(C)(C)C(=O)Oc1ccccc1)CC(=O)Oc1ccccc1. The number of ether oxygens (including phenoxy) is 2. The Morgan fingerprint density at radius 3 is 1.76 bits per heavy atom. The number of thioether (sulfide) groups is 2. The molecule has 0 saturated carbocycles. The fraction of sp³-hybridized carbons (Fsp3) is 0.500. The molecular formula is C28H38O4S2. The van der Waals surface area contributed by atoms with Crippen LogP contribution in [0.15, 0.2) is 60.7 Å². The lowest BCUT2D eigenvalue weighted by molar-refractivity contribution is -0.144. The van der Waals surface area contributed by atoms with Gasteiger partial charge in [0.05, 0.1) is 11.8 Å². The highest BCUT2D eigenvalue weighted by molar-refractivity contribution is 8.00. The number of esters is 2. The van der Waals surface area contributed by atoms with Gasteiger partial charge in [-0.15, -0.1) is 0 Å². The van der Waals surface area contributed by atoms with E-state index in [0.29, 0.717) is 17.9 Å². The maximum atomic E-state index is 12.4. The Hall–Kier alpha value is -1.92. The second kappa shape index (κ2) is 14.5. The van der Waals surface area contributed by atoms with E-state index in [1.807, 2.05) is 73.8 Å². The molecule has 0 N–H and O–H groups in total. The molecule has 0 spiro atoms. The molecule has 0 radical (unpaired) electrons. The minimum absolute atomic E-state index is 0.0758. The largest absolute Gasteiger partial charge is 0.427 e. The van der Waals surface area contributed by atoms with Crippen LogP contribution >= 0.6 is 23.5 Å². The zero-order valence-corrected chi connectivity index (χ0v) is 22.5. The molecule has 0 aliphatic rings. The van der Waals surface area contributed by atoms with Gasteiger partial charge in [-0.1, -0.05) is 50.2 Å². The normalized spacial score (nSPS) is 11.8. The molecule has 0 unspecified atom stereocenters. The second-order valence-corrected chi connectivity index (χ2v) is 12.2. The van der Waals surface area contributed by atoms with Crippen molar-refractivity contribution in [1.29, 1.82) is 0 Å². The predicted octanol–water partition coefficient (Wildman–Crippen LogP) is 7.28. The molecule has 0 atom stereocenters. The monoisotopic (exact) mass is 502 g/mol. The third-order valence-corrected chi connectivity index (χ3v) is 7.62. The van der Waals surface area contributed by atoms with Gasteiger partial charge in [0.15, 0.2) is 0 Å². The van der Waals surface area contributed by atoms with Crippen LogP contribution in [0.25, 0.3) is 0 Å². The van der Waals surface area contributed by atoms with Gasteiger partial charge in [-0.3, -0.25) is 9.59 Å². The van der Waals surface area contributed by atoms with Gasteiger partial charge in [-0.25, -0.2) is 0 Å². The first-order valence-electron chi connectivity index (χ1n) is 11.9. The molecule has 0 saturated heterocycles. The van der Waals surface area contributed by atoms with Crippen LogP contribution in [-0.2, 0) is 9.59 Å². The molecule has 0 bridgehead atoms. The van der Waals surface area contributed by atoms with Crippen molar-refractivity contribution in [3.8, 4) is 11.5 Å². The summed E-state index contributed by atoms with van der Waals surface area (Å²) in [5, 5.41) is 0. The average molecular weight is 503 g/mol. The summed E-state index contributed by atoms with van der Waals surface area (Å²) in [4.78, 5) is 24.7. The quantitative estimate of drug-likeness (QED) is 0.145. The minimum Gasteiger partial charge on any atom is -0.427 e. The molecule has 34 heavy (non-hydrogen) atoms. The van der Waals surface area contributed by atoms with E-state index in [9.17, 15) is 9.59 Å². The first-order chi connectivity index (χ1) is 16.2. The van der Waals surface area contributed by atoms with E-state index in [0.717, 1.165) is 42.3 Å². The van der Waals surface area contributed by atoms with Crippen LogP contribution in [-0.4, -0.2) is 35.0 Å². The molecule has 4 nitrogen and oxygen atoms in total. The van der Waals surface area contributed by atoms with Gasteiger partial charge in [0.25, 0.3) is 0 Å². The van der Waals surface area contributed by atoms with Crippen LogP contribution in [0.3, 0.4) is 0 Å². The number of benzene rings is 2. The standard InChI is InChI=1S/C28H38O4S2/c1-27(2,22-25(29)31-23-12-7-5-8-13-23)16-20-33-18-11-19-34-21-17-28(3,4)26(30)32-24-14-9-6-10-15-24/h5-10,12-15H,11,16-22H2,1-4H3. The molecule has 186 valence electrons. The molecule has 2 aromatic rings. The summed E-state index contributed by atoms with van der Waals surface area (Å²) >= 11 is 3.84. The zero-order chi connectivity index (χ0) is 24.9. The lowest BCUT2D eigenvalue weighted by Gasteiger charge is -2.23. The first-order valence-corrected chi connectivity index (χ1v) is 14.2. The maximum Gasteiger partial charge on any atom is 0.316 e. The van der Waals surface area contributed by atoms with E-state index in [1.165, 1.54) is 0 Å². The summed E-state index contributed by atoms with van der Waals surface area (Å²) < 4.78 is 10.9. The summed E-state index contributed by atoms with van der Waals surface area (Å²) in [5.41, 5.74) is -0.571. The molecule has 0 aromatic heterocycles. The van der Waals surface area contributed by atoms with E-state index < -0.39 is 5.41 Å². The fourth-order valence-electron chi connectivity index (χ4n) is 3.11. The van der Waals surface area contributed by atoms with Crippen molar-refractivity contribution in [2.75, 3.05) is 23.0 Å². The van der Waals surface area contributed by atoms with Gasteiger partial charge in [0.2, 0.25) is 0 Å². The molecule has 0 aliphatic heterocycles. The smallest absolute Gasteiger partial charge is 0.316 e. The topological polar surface area (TPSA) is 52.6 Å². The van der Waals surface area contributed by atoms with Crippen LogP contribution in [0, 0.1) is 10.8 Å². The van der Waals surface area contributed by atoms with Gasteiger partial charge < -0.3 is 9.47 Å². The Kier molecular flexibility index (Phi) is 12.1. The molecule has 6 heteroatoms. The summed E-state index contributed by atoms with van der Waals surface area (Å²) in [7, 11) is 0. The summed E-state index contributed by atoms with van der Waals surface area (Å²) in [5.74, 6) is 5.03. The van der Waals surface area contributed by atoms with Crippen molar-refractivity contribution in [2.24, 2.45) is 10.8 Å². The van der Waals surface area contributed by atoms with Gasteiger partial charge in [0, 0.05) is 0 Å². The number of para-hydroxylation sites is 2. The number of hydrogen-bond acceptors (Lipinski definition) is 6. The molecule has 2 aromatic carbocycles. The van der Waals surface area contributed by atoms with Crippen LogP contribution < -0.4 is 9.47 Å². The number of carbonyl (C=O) groups is 2. The summed E-state index contributed by atoms with van der Waals surface area (Å²) in [6.45, 7) is 8.15.